The van der Waals surface area contributed by atoms with E-state index in [4.69, 9.17) is 10.8 Å². The number of hydrogen-bond acceptors (Lipinski definition) is 2. The summed E-state index contributed by atoms with van der Waals surface area (Å²) in [5.41, 5.74) is 6.81. The molecule has 5 heteroatoms. The Balaban J connectivity index is 2.99. The number of para-hydroxylation sites is 1. The highest BCUT2D eigenvalue weighted by Crippen LogP contribution is 2.20. The third kappa shape index (κ3) is 3.21. The maximum atomic E-state index is 11.4. The van der Waals surface area contributed by atoms with Crippen LogP contribution in [0.5, 0.6) is 0 Å². The average molecular weight is 236 g/mol. The average Bonchev–Trinajstić information content (AvgIpc) is 2.26. The van der Waals surface area contributed by atoms with Crippen molar-refractivity contribution in [3.05, 3.63) is 29.8 Å². The Hall–Kier alpha value is -2.04. The number of carboxylic acid groups (broad SMARTS) is 1. The summed E-state index contributed by atoms with van der Waals surface area (Å²) < 4.78 is 0. The zero-order valence-corrected chi connectivity index (χ0v) is 9.88. The van der Waals surface area contributed by atoms with Gasteiger partial charge >= 0.3 is 12.0 Å². The molecule has 0 saturated carbocycles. The molecular formula is C12H16N2O3. The number of anilines is 1. The van der Waals surface area contributed by atoms with E-state index < -0.39 is 17.9 Å². The number of carbonyl (C=O) groups is 2. The molecule has 0 saturated heterocycles. The third-order valence-corrected chi connectivity index (χ3v) is 2.55. The van der Waals surface area contributed by atoms with Gasteiger partial charge in [-0.15, -0.1) is 0 Å². The molecule has 5 nitrogen and oxygen atoms in total. The van der Waals surface area contributed by atoms with E-state index in [-0.39, 0.29) is 6.54 Å². The first kappa shape index (κ1) is 13.0. The van der Waals surface area contributed by atoms with Crippen molar-refractivity contribution in [2.24, 2.45) is 11.7 Å². The van der Waals surface area contributed by atoms with Gasteiger partial charge in [-0.3, -0.25) is 9.69 Å². The molecule has 2 amide bonds. The minimum absolute atomic E-state index is 0.0650. The lowest BCUT2D eigenvalue weighted by atomic mass is 10.1. The van der Waals surface area contributed by atoms with Gasteiger partial charge in [-0.05, 0) is 18.6 Å². The number of aryl methyl sites for hydroxylation is 1. The molecule has 1 rings (SSSR count). The molecule has 1 atom stereocenters. The Kier molecular flexibility index (Phi) is 4.09. The number of benzene rings is 1. The third-order valence-electron chi connectivity index (χ3n) is 2.55. The topological polar surface area (TPSA) is 83.6 Å². The molecule has 1 aromatic rings. The van der Waals surface area contributed by atoms with E-state index in [1.807, 2.05) is 19.1 Å². The monoisotopic (exact) mass is 236 g/mol. The molecule has 17 heavy (non-hydrogen) atoms. The summed E-state index contributed by atoms with van der Waals surface area (Å²) in [6.07, 6.45) is 0. The Labute approximate surface area is 99.8 Å². The maximum absolute atomic E-state index is 11.4. The van der Waals surface area contributed by atoms with Gasteiger partial charge in [0.2, 0.25) is 0 Å². The van der Waals surface area contributed by atoms with E-state index in [0.717, 1.165) is 5.56 Å². The second-order valence-electron chi connectivity index (χ2n) is 3.97. The second kappa shape index (κ2) is 5.34. The van der Waals surface area contributed by atoms with Crippen molar-refractivity contribution in [3.8, 4) is 0 Å². The summed E-state index contributed by atoms with van der Waals surface area (Å²) in [5, 5.41) is 8.85. The molecule has 0 heterocycles. The van der Waals surface area contributed by atoms with Gasteiger partial charge < -0.3 is 10.8 Å². The highest BCUT2D eigenvalue weighted by molar-refractivity contribution is 5.92. The quantitative estimate of drug-likeness (QED) is 0.832. The van der Waals surface area contributed by atoms with Gasteiger partial charge in [0.1, 0.15) is 0 Å². The van der Waals surface area contributed by atoms with Crippen molar-refractivity contribution in [2.45, 2.75) is 13.8 Å². The van der Waals surface area contributed by atoms with Crippen LogP contribution in [-0.2, 0) is 4.79 Å². The molecule has 0 aliphatic rings. The van der Waals surface area contributed by atoms with Crippen LogP contribution in [0, 0.1) is 12.8 Å². The van der Waals surface area contributed by atoms with Gasteiger partial charge in [0.15, 0.2) is 0 Å². The second-order valence-corrected chi connectivity index (χ2v) is 3.97. The van der Waals surface area contributed by atoms with Crippen LogP contribution in [0.2, 0.25) is 0 Å². The van der Waals surface area contributed by atoms with Crippen LogP contribution in [0.1, 0.15) is 12.5 Å². The summed E-state index contributed by atoms with van der Waals surface area (Å²) in [4.78, 5) is 23.4. The summed E-state index contributed by atoms with van der Waals surface area (Å²) in [6.45, 7) is 3.45. The van der Waals surface area contributed by atoms with Crippen LogP contribution in [0.4, 0.5) is 10.5 Å². The molecule has 0 aromatic heterocycles. The lowest BCUT2D eigenvalue weighted by Gasteiger charge is -2.24. The van der Waals surface area contributed by atoms with Crippen molar-refractivity contribution in [3.63, 3.8) is 0 Å². The van der Waals surface area contributed by atoms with E-state index in [9.17, 15) is 9.59 Å². The molecule has 0 radical (unpaired) electrons. The molecule has 0 bridgehead atoms. The highest BCUT2D eigenvalue weighted by atomic mass is 16.4. The van der Waals surface area contributed by atoms with E-state index in [1.165, 1.54) is 11.8 Å². The van der Waals surface area contributed by atoms with Crippen LogP contribution in [0.3, 0.4) is 0 Å². The van der Waals surface area contributed by atoms with Gasteiger partial charge in [0, 0.05) is 12.2 Å². The first-order valence-electron chi connectivity index (χ1n) is 5.29. The lowest BCUT2D eigenvalue weighted by Crippen LogP contribution is -2.40. The fourth-order valence-electron chi connectivity index (χ4n) is 1.53. The smallest absolute Gasteiger partial charge is 0.319 e. The van der Waals surface area contributed by atoms with Crippen LogP contribution in [-0.4, -0.2) is 23.7 Å². The van der Waals surface area contributed by atoms with Crippen molar-refractivity contribution in [1.29, 1.82) is 0 Å². The standard InChI is InChI=1S/C12H16N2O3/c1-8-5-3-4-6-10(8)14(12(13)17)7-9(2)11(15)16/h3-6,9H,7H2,1-2H3,(H2,13,17)(H,15,16). The number of nitrogens with two attached hydrogens (primary N) is 1. The number of amides is 2. The highest BCUT2D eigenvalue weighted by Gasteiger charge is 2.21. The van der Waals surface area contributed by atoms with Crippen molar-refractivity contribution in [2.75, 3.05) is 11.4 Å². The van der Waals surface area contributed by atoms with Gasteiger partial charge in [-0.2, -0.15) is 0 Å². The van der Waals surface area contributed by atoms with E-state index >= 15 is 0 Å². The molecular weight excluding hydrogens is 220 g/mol. The zero-order valence-electron chi connectivity index (χ0n) is 9.88. The normalized spacial score (nSPS) is 11.9. The van der Waals surface area contributed by atoms with Crippen LogP contribution < -0.4 is 10.6 Å². The number of urea groups is 1. The number of aliphatic carboxylic acids is 1. The van der Waals surface area contributed by atoms with E-state index in [0.29, 0.717) is 5.69 Å². The first-order chi connectivity index (χ1) is 7.93. The maximum Gasteiger partial charge on any atom is 0.319 e. The number of nitrogens with zero attached hydrogens (tertiary/aromatic N) is 1. The summed E-state index contributed by atoms with van der Waals surface area (Å²) in [5.74, 6) is -1.62. The van der Waals surface area contributed by atoms with Gasteiger partial charge in [0.25, 0.3) is 0 Å². The Morgan fingerprint density at radius 3 is 2.47 bits per heavy atom. The van der Waals surface area contributed by atoms with E-state index in [1.54, 1.807) is 12.1 Å². The summed E-state index contributed by atoms with van der Waals surface area (Å²) in [6, 6.07) is 6.57. The number of hydrogen-bond donors (Lipinski definition) is 2. The minimum Gasteiger partial charge on any atom is -0.481 e. The number of carboxylic acids is 1. The fourth-order valence-corrected chi connectivity index (χ4v) is 1.53. The first-order valence-corrected chi connectivity index (χ1v) is 5.29. The van der Waals surface area contributed by atoms with Crippen LogP contribution in [0.25, 0.3) is 0 Å². The molecule has 1 unspecified atom stereocenters. The van der Waals surface area contributed by atoms with Crippen molar-refractivity contribution < 1.29 is 14.7 Å². The number of rotatable bonds is 4. The predicted octanol–water partition coefficient (Wildman–Crippen LogP) is 1.60. The van der Waals surface area contributed by atoms with Gasteiger partial charge in [-0.1, -0.05) is 25.1 Å². The number of carbonyl (C=O) groups excluding carboxylic acids is 1. The summed E-state index contributed by atoms with van der Waals surface area (Å²) >= 11 is 0. The van der Waals surface area contributed by atoms with Crippen molar-refractivity contribution >= 4 is 17.7 Å². The number of primary amides is 1. The molecule has 92 valence electrons. The molecule has 0 aliphatic carbocycles. The molecule has 1 aromatic carbocycles. The van der Waals surface area contributed by atoms with Gasteiger partial charge in [0.05, 0.1) is 5.92 Å². The Morgan fingerprint density at radius 1 is 1.41 bits per heavy atom. The molecule has 0 aliphatic heterocycles. The zero-order chi connectivity index (χ0) is 13.0. The van der Waals surface area contributed by atoms with Crippen molar-refractivity contribution in [1.82, 2.24) is 0 Å². The lowest BCUT2D eigenvalue weighted by molar-refractivity contribution is -0.140. The Bertz CT molecular complexity index is 432. The Morgan fingerprint density at radius 2 is 2.00 bits per heavy atom. The largest absolute Gasteiger partial charge is 0.481 e. The van der Waals surface area contributed by atoms with Gasteiger partial charge in [-0.25, -0.2) is 4.79 Å². The summed E-state index contributed by atoms with van der Waals surface area (Å²) in [7, 11) is 0. The fraction of sp³-hybridized carbons (Fsp3) is 0.333. The predicted molar refractivity (Wildman–Crippen MR) is 64.9 cm³/mol. The minimum atomic E-state index is -0.954. The van der Waals surface area contributed by atoms with Crippen LogP contribution in [0.15, 0.2) is 24.3 Å². The molecule has 0 spiro atoms. The molecule has 0 fully saturated rings. The van der Waals surface area contributed by atoms with E-state index in [2.05, 4.69) is 0 Å². The van der Waals surface area contributed by atoms with Crippen LogP contribution >= 0.6 is 0 Å². The molecule has 3 N–H and O–H groups in total. The SMILES string of the molecule is Cc1ccccc1N(CC(C)C(=O)O)C(N)=O.